The molecule has 46 heavy (non-hydrogen) atoms. The highest BCUT2D eigenvalue weighted by Crippen LogP contribution is 2.41. The molecular weight excluding hydrogens is 586 g/mol. The number of nitrogens with zero attached hydrogens (tertiary/aromatic N) is 2. The van der Waals surface area contributed by atoms with Crippen LogP contribution in [0.4, 0.5) is 17.1 Å². The lowest BCUT2D eigenvalue weighted by atomic mass is 9.90. The molecule has 2 heterocycles. The fourth-order valence-corrected chi connectivity index (χ4v) is 6.84. The van der Waals surface area contributed by atoms with E-state index in [1.54, 1.807) is 6.07 Å². The SMILES string of the molecule is COC(=O)c1cc(NC(=O)CCCC(=O)O)cc(C(=O)OC2CCCCC2)c1-c1ccc2c(c1)CN1CN2Cc2cc(C)ccc21. The van der Waals surface area contributed by atoms with Gasteiger partial charge in [-0.1, -0.05) is 30.2 Å². The summed E-state index contributed by atoms with van der Waals surface area (Å²) in [6.45, 7) is 4.32. The number of rotatable bonds is 9. The number of ether oxygens (including phenoxy) is 2. The Hall–Kier alpha value is -4.86. The predicted octanol–water partition coefficient (Wildman–Crippen LogP) is 6.43. The molecule has 3 aliphatic rings. The van der Waals surface area contributed by atoms with Crippen LogP contribution in [-0.4, -0.2) is 48.8 Å². The molecule has 2 N–H and O–H groups in total. The minimum Gasteiger partial charge on any atom is -0.481 e. The van der Waals surface area contributed by atoms with Gasteiger partial charge in [-0.2, -0.15) is 0 Å². The summed E-state index contributed by atoms with van der Waals surface area (Å²) >= 11 is 0. The number of esters is 2. The topological polar surface area (TPSA) is 125 Å². The second-order valence-electron chi connectivity index (χ2n) is 12.4. The molecule has 240 valence electrons. The number of aliphatic carboxylic acids is 1. The van der Waals surface area contributed by atoms with Crippen molar-refractivity contribution in [2.24, 2.45) is 0 Å². The van der Waals surface area contributed by atoms with Gasteiger partial charge in [0.25, 0.3) is 0 Å². The lowest BCUT2D eigenvalue weighted by Gasteiger charge is -2.45. The van der Waals surface area contributed by atoms with Gasteiger partial charge in [0.1, 0.15) is 6.10 Å². The van der Waals surface area contributed by atoms with E-state index in [-0.39, 0.29) is 42.2 Å². The predicted molar refractivity (Wildman–Crippen MR) is 174 cm³/mol. The number of benzene rings is 3. The molecule has 1 aliphatic carbocycles. The molecule has 1 amide bonds. The van der Waals surface area contributed by atoms with Crippen LogP contribution < -0.4 is 15.1 Å². The van der Waals surface area contributed by atoms with Gasteiger partial charge in [-0.15, -0.1) is 0 Å². The van der Waals surface area contributed by atoms with Crippen molar-refractivity contribution < 1.29 is 33.8 Å². The Bertz CT molecular complexity index is 1700. The van der Waals surface area contributed by atoms with E-state index < -0.39 is 23.8 Å². The number of amides is 1. The number of fused-ring (bicyclic) bond motifs is 6. The third-order valence-corrected chi connectivity index (χ3v) is 9.02. The molecule has 10 heteroatoms. The molecule has 1 fully saturated rings. The van der Waals surface area contributed by atoms with E-state index in [1.165, 1.54) is 30.0 Å². The van der Waals surface area contributed by atoms with E-state index in [0.29, 0.717) is 17.7 Å². The molecule has 0 unspecified atom stereocenters. The zero-order chi connectivity index (χ0) is 32.4. The van der Waals surface area contributed by atoms with Gasteiger partial charge in [0.05, 0.1) is 24.9 Å². The maximum atomic E-state index is 13.9. The van der Waals surface area contributed by atoms with Crippen molar-refractivity contribution in [3.05, 3.63) is 76.3 Å². The Kier molecular flexibility index (Phi) is 8.96. The number of anilines is 3. The zero-order valence-corrected chi connectivity index (χ0v) is 26.3. The summed E-state index contributed by atoms with van der Waals surface area (Å²) in [7, 11) is 1.27. The average Bonchev–Trinajstić information content (AvgIpc) is 3.04. The first kappa shape index (κ1) is 31.1. The standard InChI is InChI=1S/C36H39N3O7/c1-22-11-13-30-24(15-22)19-38-21-39(30)20-25-16-23(12-14-31(25)38)34-28(35(43)45-2)17-26(37-32(40)9-6-10-33(41)42)18-29(34)36(44)46-27-7-4-3-5-8-27/h11-18,27H,3-10,19-21H2,1-2H3,(H,37,40)(H,41,42). The largest absolute Gasteiger partial charge is 0.481 e. The Balaban J connectivity index is 1.40. The van der Waals surface area contributed by atoms with E-state index in [9.17, 15) is 19.2 Å². The second-order valence-corrected chi connectivity index (χ2v) is 12.4. The van der Waals surface area contributed by atoms with Gasteiger partial charge in [-0.05, 0) is 86.1 Å². The Morgan fingerprint density at radius 1 is 0.848 bits per heavy atom. The molecule has 0 radical (unpaired) electrons. The van der Waals surface area contributed by atoms with Crippen LogP contribution in [0.2, 0.25) is 0 Å². The lowest BCUT2D eigenvalue weighted by Crippen LogP contribution is -2.46. The molecule has 10 nitrogen and oxygen atoms in total. The fraction of sp³-hybridized carbons (Fsp3) is 0.389. The minimum absolute atomic E-state index is 0.0238. The number of hydrogen-bond donors (Lipinski definition) is 2. The third kappa shape index (κ3) is 6.56. The van der Waals surface area contributed by atoms with Gasteiger partial charge >= 0.3 is 17.9 Å². The van der Waals surface area contributed by atoms with Crippen molar-refractivity contribution in [1.29, 1.82) is 0 Å². The molecule has 3 aromatic rings. The first-order valence-corrected chi connectivity index (χ1v) is 15.9. The van der Waals surface area contributed by atoms with Gasteiger partial charge in [0.15, 0.2) is 0 Å². The van der Waals surface area contributed by atoms with Crippen LogP contribution in [0.1, 0.15) is 88.8 Å². The van der Waals surface area contributed by atoms with E-state index in [2.05, 4.69) is 40.2 Å². The van der Waals surface area contributed by atoms with Gasteiger partial charge in [-0.3, -0.25) is 9.59 Å². The third-order valence-electron chi connectivity index (χ3n) is 9.02. The van der Waals surface area contributed by atoms with Crippen LogP contribution in [0.25, 0.3) is 11.1 Å². The summed E-state index contributed by atoms with van der Waals surface area (Å²) in [5.41, 5.74) is 7.44. The van der Waals surface area contributed by atoms with Crippen molar-refractivity contribution in [3.63, 3.8) is 0 Å². The van der Waals surface area contributed by atoms with Crippen LogP contribution in [0.15, 0.2) is 48.5 Å². The van der Waals surface area contributed by atoms with Gasteiger partial charge in [0.2, 0.25) is 5.91 Å². The summed E-state index contributed by atoms with van der Waals surface area (Å²) in [5.74, 6) is -2.63. The van der Waals surface area contributed by atoms with Gasteiger partial charge in [0, 0.05) is 48.6 Å². The summed E-state index contributed by atoms with van der Waals surface area (Å²) in [4.78, 5) is 55.5. The molecule has 3 aromatic carbocycles. The zero-order valence-electron chi connectivity index (χ0n) is 26.3. The number of nitrogens with one attached hydrogen (secondary N) is 1. The molecule has 2 bridgehead atoms. The van der Waals surface area contributed by atoms with Crippen LogP contribution in [0, 0.1) is 6.92 Å². The number of methoxy groups -OCH3 is 1. The van der Waals surface area contributed by atoms with Crippen LogP contribution in [0.5, 0.6) is 0 Å². The lowest BCUT2D eigenvalue weighted by molar-refractivity contribution is -0.137. The molecule has 0 atom stereocenters. The molecular formula is C36H39N3O7. The Labute approximate surface area is 268 Å². The molecule has 0 saturated heterocycles. The first-order valence-electron chi connectivity index (χ1n) is 15.9. The maximum Gasteiger partial charge on any atom is 0.339 e. The monoisotopic (exact) mass is 625 g/mol. The number of carboxylic acids is 1. The van der Waals surface area contributed by atoms with Gasteiger partial charge < -0.3 is 29.7 Å². The van der Waals surface area contributed by atoms with Crippen molar-refractivity contribution >= 4 is 40.9 Å². The first-order chi connectivity index (χ1) is 22.2. The summed E-state index contributed by atoms with van der Waals surface area (Å²) < 4.78 is 11.2. The summed E-state index contributed by atoms with van der Waals surface area (Å²) in [6, 6.07) is 15.6. The van der Waals surface area contributed by atoms with Crippen molar-refractivity contribution in [2.45, 2.75) is 77.5 Å². The van der Waals surface area contributed by atoms with Crippen molar-refractivity contribution in [2.75, 3.05) is 28.9 Å². The Morgan fingerprint density at radius 3 is 2.17 bits per heavy atom. The van der Waals surface area contributed by atoms with Crippen molar-refractivity contribution in [3.8, 4) is 11.1 Å². The maximum absolute atomic E-state index is 13.9. The minimum atomic E-state index is -0.987. The van der Waals surface area contributed by atoms with E-state index in [1.807, 2.05) is 18.2 Å². The number of hydrogen-bond acceptors (Lipinski definition) is 8. The van der Waals surface area contributed by atoms with Crippen LogP contribution in [-0.2, 0) is 32.2 Å². The van der Waals surface area contributed by atoms with E-state index in [4.69, 9.17) is 14.6 Å². The van der Waals surface area contributed by atoms with Gasteiger partial charge in [-0.25, -0.2) is 9.59 Å². The molecule has 0 spiro atoms. The molecule has 1 saturated carbocycles. The van der Waals surface area contributed by atoms with E-state index in [0.717, 1.165) is 56.6 Å². The smallest absolute Gasteiger partial charge is 0.339 e. The quantitative estimate of drug-likeness (QED) is 0.259. The number of carboxylic acid groups (broad SMARTS) is 1. The number of aryl methyl sites for hydroxylation is 1. The van der Waals surface area contributed by atoms with Crippen LogP contribution in [0.3, 0.4) is 0 Å². The second kappa shape index (κ2) is 13.2. The van der Waals surface area contributed by atoms with E-state index >= 15 is 0 Å². The average molecular weight is 626 g/mol. The molecule has 2 aliphatic heterocycles. The number of carbonyl (C=O) groups is 4. The van der Waals surface area contributed by atoms with Crippen molar-refractivity contribution in [1.82, 2.24) is 0 Å². The van der Waals surface area contributed by atoms with Crippen LogP contribution >= 0.6 is 0 Å². The summed E-state index contributed by atoms with van der Waals surface area (Å²) in [5, 5.41) is 11.7. The summed E-state index contributed by atoms with van der Waals surface area (Å²) in [6.07, 6.45) is 4.37. The highest BCUT2D eigenvalue weighted by Gasteiger charge is 2.31. The highest BCUT2D eigenvalue weighted by molar-refractivity contribution is 6.08. The molecule has 6 rings (SSSR count). The normalized spacial score (nSPS) is 15.4. The number of carbonyl (C=O) groups excluding carboxylic acids is 3. The highest BCUT2D eigenvalue weighted by atomic mass is 16.5. The Morgan fingerprint density at radius 2 is 1.50 bits per heavy atom. The fourth-order valence-electron chi connectivity index (χ4n) is 6.84. The molecule has 0 aromatic heterocycles.